The van der Waals surface area contributed by atoms with Crippen molar-refractivity contribution in [2.24, 2.45) is 5.16 Å². The first-order valence-electron chi connectivity index (χ1n) is 5.63. The van der Waals surface area contributed by atoms with Crippen LogP contribution in [0.1, 0.15) is 18.2 Å². The van der Waals surface area contributed by atoms with Gasteiger partial charge in [-0.3, -0.25) is 0 Å². The summed E-state index contributed by atoms with van der Waals surface area (Å²) in [5.41, 5.74) is 2.11. The average Bonchev–Trinajstić information content (AvgIpc) is 2.81. The Morgan fingerprint density at radius 3 is 2.84 bits per heavy atom. The zero-order valence-corrected chi connectivity index (χ0v) is 12.1. The van der Waals surface area contributed by atoms with Gasteiger partial charge >= 0.3 is 5.97 Å². The number of benzene rings is 1. The second-order valence-electron chi connectivity index (χ2n) is 3.98. The molecule has 0 atom stereocenters. The first kappa shape index (κ1) is 13.5. The van der Waals surface area contributed by atoms with Gasteiger partial charge in [0.25, 0.3) is 0 Å². The highest BCUT2D eigenvalue weighted by molar-refractivity contribution is 9.10. The Hall–Kier alpha value is -1.88. The van der Waals surface area contributed by atoms with Gasteiger partial charge in [0.2, 0.25) is 0 Å². The van der Waals surface area contributed by atoms with Crippen LogP contribution < -0.4 is 0 Å². The van der Waals surface area contributed by atoms with Crippen molar-refractivity contribution in [2.75, 3.05) is 0 Å². The number of furan rings is 1. The van der Waals surface area contributed by atoms with E-state index in [0.29, 0.717) is 5.76 Å². The van der Waals surface area contributed by atoms with Crippen molar-refractivity contribution in [2.45, 2.75) is 13.8 Å². The van der Waals surface area contributed by atoms with E-state index in [1.807, 2.05) is 31.2 Å². The van der Waals surface area contributed by atoms with Crippen LogP contribution in [0.4, 0.5) is 0 Å². The molecule has 0 unspecified atom stereocenters. The fourth-order valence-corrected chi connectivity index (χ4v) is 1.77. The second-order valence-corrected chi connectivity index (χ2v) is 4.84. The maximum absolute atomic E-state index is 10.6. The van der Waals surface area contributed by atoms with Crippen LogP contribution in [0, 0.1) is 6.92 Å². The second kappa shape index (κ2) is 5.84. The number of halogens is 1. The lowest BCUT2D eigenvalue weighted by Crippen LogP contribution is -1.90. The third-order valence-electron chi connectivity index (χ3n) is 2.43. The molecule has 0 amide bonds. The number of carbonyl (C=O) groups excluding carboxylic acids is 1. The maximum atomic E-state index is 10.6. The summed E-state index contributed by atoms with van der Waals surface area (Å²) < 4.78 is 6.65. The standard InChI is InChI=1S/C14H12BrNO3/c1-9-7-11(3-5-13(9)15)14-6-4-12(18-14)8-16-19-10(2)17/h3-8H,1-2H3/b16-8+. The molecule has 0 bridgehead atoms. The highest BCUT2D eigenvalue weighted by Gasteiger charge is 2.05. The zero-order valence-electron chi connectivity index (χ0n) is 10.5. The van der Waals surface area contributed by atoms with E-state index in [4.69, 9.17) is 4.42 Å². The SMILES string of the molecule is CC(=O)O/N=C/c1ccc(-c2ccc(Br)c(C)c2)o1. The fourth-order valence-electron chi connectivity index (χ4n) is 1.53. The normalized spacial score (nSPS) is 10.9. The number of carbonyl (C=O) groups is 1. The molecule has 0 fully saturated rings. The summed E-state index contributed by atoms with van der Waals surface area (Å²) in [6, 6.07) is 9.57. The molecule has 2 rings (SSSR count). The molecule has 4 nitrogen and oxygen atoms in total. The zero-order chi connectivity index (χ0) is 13.8. The largest absolute Gasteiger partial charge is 0.455 e. The lowest BCUT2D eigenvalue weighted by Gasteiger charge is -2.01. The Morgan fingerprint density at radius 2 is 2.16 bits per heavy atom. The van der Waals surface area contributed by atoms with Crippen molar-refractivity contribution in [1.82, 2.24) is 0 Å². The summed E-state index contributed by atoms with van der Waals surface area (Å²) in [5.74, 6) is 0.795. The Labute approximate surface area is 119 Å². The minimum atomic E-state index is -0.466. The van der Waals surface area contributed by atoms with Crippen LogP contribution in [-0.2, 0) is 9.63 Å². The predicted molar refractivity (Wildman–Crippen MR) is 75.9 cm³/mol. The number of nitrogens with zero attached hydrogens (tertiary/aromatic N) is 1. The summed E-state index contributed by atoms with van der Waals surface area (Å²) in [6.07, 6.45) is 1.36. The number of rotatable bonds is 3. The maximum Gasteiger partial charge on any atom is 0.331 e. The van der Waals surface area contributed by atoms with E-state index in [1.54, 1.807) is 6.07 Å². The monoisotopic (exact) mass is 321 g/mol. The van der Waals surface area contributed by atoms with Crippen molar-refractivity contribution in [3.63, 3.8) is 0 Å². The van der Waals surface area contributed by atoms with Crippen molar-refractivity contribution >= 4 is 28.1 Å². The predicted octanol–water partition coefficient (Wildman–Crippen LogP) is 3.91. The smallest absolute Gasteiger partial charge is 0.331 e. The summed E-state index contributed by atoms with van der Waals surface area (Å²) in [7, 11) is 0. The molecule has 0 spiro atoms. The molecular formula is C14H12BrNO3. The van der Waals surface area contributed by atoms with E-state index < -0.39 is 5.97 Å². The molecule has 0 radical (unpaired) electrons. The summed E-state index contributed by atoms with van der Waals surface area (Å²) in [4.78, 5) is 15.0. The molecule has 0 N–H and O–H groups in total. The average molecular weight is 322 g/mol. The van der Waals surface area contributed by atoms with E-state index in [1.165, 1.54) is 13.1 Å². The third-order valence-corrected chi connectivity index (χ3v) is 3.32. The molecular weight excluding hydrogens is 310 g/mol. The first-order chi connectivity index (χ1) is 9.06. The number of hydrogen-bond donors (Lipinski definition) is 0. The van der Waals surface area contributed by atoms with Crippen LogP contribution in [0.25, 0.3) is 11.3 Å². The Kier molecular flexibility index (Phi) is 4.16. The van der Waals surface area contributed by atoms with Crippen molar-refractivity contribution in [1.29, 1.82) is 0 Å². The van der Waals surface area contributed by atoms with Crippen LogP contribution in [0.3, 0.4) is 0 Å². The van der Waals surface area contributed by atoms with Gasteiger partial charge in [0.1, 0.15) is 17.7 Å². The minimum absolute atomic E-state index is 0.466. The number of oxime groups is 1. The summed E-state index contributed by atoms with van der Waals surface area (Å²) in [5, 5.41) is 3.50. The van der Waals surface area contributed by atoms with Gasteiger partial charge in [-0.05, 0) is 36.8 Å². The molecule has 0 saturated heterocycles. The molecule has 1 aromatic carbocycles. The van der Waals surface area contributed by atoms with E-state index >= 15 is 0 Å². The highest BCUT2D eigenvalue weighted by Crippen LogP contribution is 2.26. The van der Waals surface area contributed by atoms with Crippen LogP contribution in [0.2, 0.25) is 0 Å². The van der Waals surface area contributed by atoms with Gasteiger partial charge in [-0.1, -0.05) is 27.2 Å². The first-order valence-corrected chi connectivity index (χ1v) is 6.43. The van der Waals surface area contributed by atoms with Crippen molar-refractivity contribution < 1.29 is 14.0 Å². The van der Waals surface area contributed by atoms with Gasteiger partial charge in [0.05, 0.1) is 0 Å². The van der Waals surface area contributed by atoms with Crippen molar-refractivity contribution in [3.8, 4) is 11.3 Å². The molecule has 0 aliphatic rings. The van der Waals surface area contributed by atoms with E-state index in [0.717, 1.165) is 21.4 Å². The van der Waals surface area contributed by atoms with E-state index in [9.17, 15) is 4.79 Å². The summed E-state index contributed by atoms with van der Waals surface area (Å²) >= 11 is 3.45. The number of hydrogen-bond acceptors (Lipinski definition) is 4. The Balaban J connectivity index is 2.18. The lowest BCUT2D eigenvalue weighted by molar-refractivity contribution is -0.140. The van der Waals surface area contributed by atoms with Crippen LogP contribution in [-0.4, -0.2) is 12.2 Å². The molecule has 98 valence electrons. The van der Waals surface area contributed by atoms with Gasteiger partial charge in [0.15, 0.2) is 0 Å². The van der Waals surface area contributed by atoms with Gasteiger partial charge in [-0.2, -0.15) is 0 Å². The molecule has 19 heavy (non-hydrogen) atoms. The molecule has 0 aliphatic heterocycles. The Bertz CT molecular complexity index is 631. The fraction of sp³-hybridized carbons (Fsp3) is 0.143. The molecule has 0 saturated carbocycles. The lowest BCUT2D eigenvalue weighted by atomic mass is 10.1. The van der Waals surface area contributed by atoms with E-state index in [2.05, 4.69) is 25.9 Å². The molecule has 1 aromatic heterocycles. The number of aryl methyl sites for hydroxylation is 1. The minimum Gasteiger partial charge on any atom is -0.455 e. The third kappa shape index (κ3) is 3.54. The molecule has 5 heteroatoms. The van der Waals surface area contributed by atoms with Crippen LogP contribution in [0.5, 0.6) is 0 Å². The van der Waals surface area contributed by atoms with Crippen LogP contribution in [0.15, 0.2) is 44.4 Å². The van der Waals surface area contributed by atoms with Gasteiger partial charge in [-0.15, -0.1) is 0 Å². The summed E-state index contributed by atoms with van der Waals surface area (Å²) in [6.45, 7) is 3.30. The molecule has 2 aromatic rings. The van der Waals surface area contributed by atoms with E-state index in [-0.39, 0.29) is 0 Å². The molecule has 0 aliphatic carbocycles. The Morgan fingerprint density at radius 1 is 1.37 bits per heavy atom. The van der Waals surface area contributed by atoms with Crippen LogP contribution >= 0.6 is 15.9 Å². The van der Waals surface area contributed by atoms with Crippen molar-refractivity contribution in [3.05, 3.63) is 46.1 Å². The topological polar surface area (TPSA) is 51.8 Å². The quantitative estimate of drug-likeness (QED) is 0.489. The highest BCUT2D eigenvalue weighted by atomic mass is 79.9. The molecule has 1 heterocycles. The van der Waals surface area contributed by atoms with Gasteiger partial charge in [0, 0.05) is 17.0 Å². The van der Waals surface area contributed by atoms with Gasteiger partial charge in [-0.25, -0.2) is 4.79 Å². The van der Waals surface area contributed by atoms with Gasteiger partial charge < -0.3 is 9.25 Å².